The van der Waals surface area contributed by atoms with Gasteiger partial charge < -0.3 is 5.73 Å². The molecule has 1 aromatic carbocycles. The van der Waals surface area contributed by atoms with E-state index in [1.54, 1.807) is 6.07 Å². The maximum Gasteiger partial charge on any atom is 0.113 e. The number of aromatic nitrogens is 1. The van der Waals surface area contributed by atoms with Gasteiger partial charge in [0, 0.05) is 10.9 Å². The van der Waals surface area contributed by atoms with E-state index in [-0.39, 0.29) is 0 Å². The van der Waals surface area contributed by atoms with Gasteiger partial charge in [0.1, 0.15) is 5.01 Å². The highest BCUT2D eigenvalue weighted by Gasteiger charge is 2.19. The minimum absolute atomic E-state index is 0.437. The first-order valence-electron chi connectivity index (χ1n) is 5.09. The third-order valence-electron chi connectivity index (χ3n) is 2.28. The van der Waals surface area contributed by atoms with E-state index < -0.39 is 5.54 Å². The van der Waals surface area contributed by atoms with Crippen LogP contribution in [0.1, 0.15) is 18.9 Å². The zero-order valence-electron chi connectivity index (χ0n) is 9.50. The first-order chi connectivity index (χ1) is 7.89. The van der Waals surface area contributed by atoms with E-state index in [4.69, 9.17) is 28.9 Å². The molecule has 2 nitrogen and oxygen atoms in total. The molecule has 2 rings (SSSR count). The largest absolute Gasteiger partial charge is 0.320 e. The van der Waals surface area contributed by atoms with Crippen molar-refractivity contribution in [3.05, 3.63) is 38.6 Å². The molecule has 1 heterocycles. The van der Waals surface area contributed by atoms with E-state index in [1.807, 2.05) is 31.4 Å². The second-order valence-electron chi connectivity index (χ2n) is 4.36. The summed E-state index contributed by atoms with van der Waals surface area (Å²) in [5.41, 5.74) is 7.22. The number of rotatable bonds is 2. The quantitative estimate of drug-likeness (QED) is 0.893. The zero-order chi connectivity index (χ0) is 12.6. The Bertz CT molecular complexity index is 544. The fourth-order valence-corrected chi connectivity index (χ4v) is 2.65. The van der Waals surface area contributed by atoms with Crippen LogP contribution in [0.4, 0.5) is 0 Å². The molecule has 0 spiro atoms. The highest BCUT2D eigenvalue weighted by Crippen LogP contribution is 2.35. The average Bonchev–Trinajstić information content (AvgIpc) is 2.70. The highest BCUT2D eigenvalue weighted by atomic mass is 35.5. The SMILES string of the molecule is CC(C)(N)c1nc(-c2cccc(Cl)c2Cl)cs1. The summed E-state index contributed by atoms with van der Waals surface area (Å²) in [7, 11) is 0. The fraction of sp³-hybridized carbons (Fsp3) is 0.250. The lowest BCUT2D eigenvalue weighted by Crippen LogP contribution is -2.28. The number of halogens is 2. The Morgan fingerprint density at radius 2 is 2.00 bits per heavy atom. The Morgan fingerprint density at radius 1 is 1.29 bits per heavy atom. The topological polar surface area (TPSA) is 38.9 Å². The first kappa shape index (κ1) is 12.8. The lowest BCUT2D eigenvalue weighted by atomic mass is 10.1. The van der Waals surface area contributed by atoms with Crippen molar-refractivity contribution in [2.24, 2.45) is 5.73 Å². The molecule has 0 bridgehead atoms. The molecule has 0 radical (unpaired) electrons. The van der Waals surface area contributed by atoms with E-state index in [1.165, 1.54) is 11.3 Å². The molecule has 2 aromatic rings. The van der Waals surface area contributed by atoms with Crippen LogP contribution in [0.2, 0.25) is 10.0 Å². The van der Waals surface area contributed by atoms with Gasteiger partial charge in [0.15, 0.2) is 0 Å². The Labute approximate surface area is 114 Å². The standard InChI is InChI=1S/C12H12Cl2N2S/c1-12(2,15)11-16-9(6-17-11)7-4-3-5-8(13)10(7)14/h3-6H,15H2,1-2H3. The van der Waals surface area contributed by atoms with E-state index in [9.17, 15) is 0 Å². The Balaban J connectivity index is 2.48. The highest BCUT2D eigenvalue weighted by molar-refractivity contribution is 7.10. The lowest BCUT2D eigenvalue weighted by molar-refractivity contribution is 0.551. The second-order valence-corrected chi connectivity index (χ2v) is 6.00. The number of nitrogens with zero attached hydrogens (tertiary/aromatic N) is 1. The van der Waals surface area contributed by atoms with Crippen LogP contribution in [0.15, 0.2) is 23.6 Å². The summed E-state index contributed by atoms with van der Waals surface area (Å²) in [5, 5.41) is 3.89. The molecule has 0 atom stereocenters. The van der Waals surface area contributed by atoms with Gasteiger partial charge in [-0.3, -0.25) is 0 Å². The molecule has 0 saturated heterocycles. The number of hydrogen-bond donors (Lipinski definition) is 1. The maximum atomic E-state index is 6.15. The molecule has 0 aliphatic carbocycles. The van der Waals surface area contributed by atoms with Crippen LogP contribution in [0.5, 0.6) is 0 Å². The van der Waals surface area contributed by atoms with Crippen molar-refractivity contribution in [3.63, 3.8) is 0 Å². The van der Waals surface area contributed by atoms with Crippen molar-refractivity contribution in [2.75, 3.05) is 0 Å². The maximum absolute atomic E-state index is 6.15. The summed E-state index contributed by atoms with van der Waals surface area (Å²) in [4.78, 5) is 4.50. The van der Waals surface area contributed by atoms with Crippen LogP contribution in [-0.2, 0) is 5.54 Å². The third-order valence-corrected chi connectivity index (χ3v) is 4.28. The Hall–Kier alpha value is -0.610. The third kappa shape index (κ3) is 2.63. The van der Waals surface area contributed by atoms with E-state index >= 15 is 0 Å². The Kier molecular flexibility index (Phi) is 3.46. The molecular weight excluding hydrogens is 275 g/mol. The molecule has 1 aromatic heterocycles. The molecule has 0 unspecified atom stereocenters. The van der Waals surface area contributed by atoms with Gasteiger partial charge in [0.05, 0.1) is 21.3 Å². The molecule has 5 heteroatoms. The summed E-state index contributed by atoms with van der Waals surface area (Å²) < 4.78 is 0. The monoisotopic (exact) mass is 286 g/mol. The summed E-state index contributed by atoms with van der Waals surface area (Å²) in [6, 6.07) is 5.51. The number of benzene rings is 1. The second kappa shape index (κ2) is 4.58. The van der Waals surface area contributed by atoms with Crippen LogP contribution in [0.3, 0.4) is 0 Å². The summed E-state index contributed by atoms with van der Waals surface area (Å²) in [6.45, 7) is 3.85. The van der Waals surface area contributed by atoms with Gasteiger partial charge in [-0.05, 0) is 19.9 Å². The van der Waals surface area contributed by atoms with Gasteiger partial charge in [-0.25, -0.2) is 4.98 Å². The lowest BCUT2D eigenvalue weighted by Gasteiger charge is -2.13. The molecule has 0 fully saturated rings. The van der Waals surface area contributed by atoms with Crippen molar-refractivity contribution in [1.29, 1.82) is 0 Å². The van der Waals surface area contributed by atoms with Crippen molar-refractivity contribution < 1.29 is 0 Å². The van der Waals surface area contributed by atoms with Crippen LogP contribution >= 0.6 is 34.5 Å². The molecular formula is C12H12Cl2N2S. The van der Waals surface area contributed by atoms with E-state index in [0.29, 0.717) is 10.0 Å². The van der Waals surface area contributed by atoms with Crippen molar-refractivity contribution in [1.82, 2.24) is 4.98 Å². The predicted molar refractivity (Wildman–Crippen MR) is 74.8 cm³/mol. The van der Waals surface area contributed by atoms with Gasteiger partial charge in [-0.2, -0.15) is 0 Å². The molecule has 0 amide bonds. The molecule has 17 heavy (non-hydrogen) atoms. The predicted octanol–water partition coefficient (Wildman–Crippen LogP) is 4.31. The summed E-state index contributed by atoms with van der Waals surface area (Å²) >= 11 is 13.7. The van der Waals surface area contributed by atoms with Crippen molar-refractivity contribution in [3.8, 4) is 11.3 Å². The van der Waals surface area contributed by atoms with E-state index in [0.717, 1.165) is 16.3 Å². The average molecular weight is 287 g/mol. The molecule has 0 aliphatic rings. The van der Waals surface area contributed by atoms with Gasteiger partial charge in [0.25, 0.3) is 0 Å². The smallest absolute Gasteiger partial charge is 0.113 e. The summed E-state index contributed by atoms with van der Waals surface area (Å²) in [5.74, 6) is 0. The Morgan fingerprint density at radius 3 is 2.59 bits per heavy atom. The van der Waals surface area contributed by atoms with Crippen LogP contribution in [-0.4, -0.2) is 4.98 Å². The number of hydrogen-bond acceptors (Lipinski definition) is 3. The summed E-state index contributed by atoms with van der Waals surface area (Å²) in [6.07, 6.45) is 0. The molecule has 0 aliphatic heterocycles. The minimum atomic E-state index is -0.437. The fourth-order valence-electron chi connectivity index (χ4n) is 1.40. The first-order valence-corrected chi connectivity index (χ1v) is 6.72. The van der Waals surface area contributed by atoms with Crippen molar-refractivity contribution >= 4 is 34.5 Å². The van der Waals surface area contributed by atoms with Gasteiger partial charge in [-0.15, -0.1) is 11.3 Å². The van der Waals surface area contributed by atoms with Gasteiger partial charge >= 0.3 is 0 Å². The van der Waals surface area contributed by atoms with Crippen LogP contribution in [0, 0.1) is 0 Å². The zero-order valence-corrected chi connectivity index (χ0v) is 11.8. The molecule has 0 saturated carbocycles. The number of thiazole rings is 1. The minimum Gasteiger partial charge on any atom is -0.320 e. The van der Waals surface area contributed by atoms with Crippen LogP contribution in [0.25, 0.3) is 11.3 Å². The number of nitrogens with two attached hydrogens (primary N) is 1. The normalized spacial score (nSPS) is 11.8. The van der Waals surface area contributed by atoms with E-state index in [2.05, 4.69) is 4.98 Å². The van der Waals surface area contributed by atoms with Crippen molar-refractivity contribution in [2.45, 2.75) is 19.4 Å². The van der Waals surface area contributed by atoms with Crippen LogP contribution < -0.4 is 5.73 Å². The van der Waals surface area contributed by atoms with Gasteiger partial charge in [0.2, 0.25) is 0 Å². The van der Waals surface area contributed by atoms with Gasteiger partial charge in [-0.1, -0.05) is 35.3 Å². The molecule has 2 N–H and O–H groups in total. The molecule has 90 valence electrons.